The van der Waals surface area contributed by atoms with E-state index >= 15 is 0 Å². The number of hydrogen-bond donors (Lipinski definition) is 1. The van der Waals surface area contributed by atoms with Gasteiger partial charge in [0.2, 0.25) is 0 Å². The summed E-state index contributed by atoms with van der Waals surface area (Å²) in [5, 5.41) is 0. The minimum Gasteiger partial charge on any atom is -0.383 e. The third-order valence-corrected chi connectivity index (χ3v) is 4.23. The van der Waals surface area contributed by atoms with Gasteiger partial charge in [-0.2, -0.15) is 0 Å². The molecule has 1 aromatic carbocycles. The molecule has 1 heterocycles. The lowest BCUT2D eigenvalue weighted by Gasteiger charge is -2.19. The monoisotopic (exact) mass is 283 g/mol. The summed E-state index contributed by atoms with van der Waals surface area (Å²) in [6, 6.07) is 8.79. The maximum Gasteiger partial charge on any atom is 0.131 e. The molecule has 1 saturated carbocycles. The van der Waals surface area contributed by atoms with E-state index in [1.54, 1.807) is 0 Å². The Bertz CT molecular complexity index is 640. The van der Waals surface area contributed by atoms with Crippen molar-refractivity contribution in [2.24, 2.45) is 0 Å². The molecular formula is C18H25N3. The molecule has 0 radical (unpaired) electrons. The molecule has 0 bridgehead atoms. The quantitative estimate of drug-likeness (QED) is 0.911. The van der Waals surface area contributed by atoms with Crippen LogP contribution < -0.4 is 5.73 Å². The number of nitrogens with two attached hydrogens (primary N) is 1. The fourth-order valence-electron chi connectivity index (χ4n) is 2.90. The normalized spacial score (nSPS) is 15.4. The molecule has 3 rings (SSSR count). The predicted octanol–water partition coefficient (Wildman–Crippen LogP) is 4.33. The first kappa shape index (κ1) is 14.2. The molecular weight excluding hydrogens is 258 g/mol. The SMILES string of the molecule is CCn1c(C(C)(C)C)nc(-c2ccc(C3CC3)cc2)c1N. The van der Waals surface area contributed by atoms with E-state index in [0.29, 0.717) is 0 Å². The van der Waals surface area contributed by atoms with E-state index in [9.17, 15) is 0 Å². The summed E-state index contributed by atoms with van der Waals surface area (Å²) in [5.41, 5.74) is 9.84. The fraction of sp³-hybridized carbons (Fsp3) is 0.500. The van der Waals surface area contributed by atoms with Crippen LogP contribution in [0.1, 0.15) is 57.8 Å². The molecule has 3 heteroatoms. The summed E-state index contributed by atoms with van der Waals surface area (Å²) in [5.74, 6) is 2.63. The highest BCUT2D eigenvalue weighted by Crippen LogP contribution is 2.41. The van der Waals surface area contributed by atoms with Gasteiger partial charge in [-0.25, -0.2) is 4.98 Å². The van der Waals surface area contributed by atoms with E-state index in [-0.39, 0.29) is 5.41 Å². The Morgan fingerprint density at radius 2 is 1.81 bits per heavy atom. The zero-order valence-electron chi connectivity index (χ0n) is 13.5. The van der Waals surface area contributed by atoms with Gasteiger partial charge in [-0.3, -0.25) is 0 Å². The van der Waals surface area contributed by atoms with Gasteiger partial charge in [0.25, 0.3) is 0 Å². The predicted molar refractivity (Wildman–Crippen MR) is 88.4 cm³/mol. The Kier molecular flexibility index (Phi) is 3.31. The zero-order chi connectivity index (χ0) is 15.2. The lowest BCUT2D eigenvalue weighted by molar-refractivity contribution is 0.509. The maximum absolute atomic E-state index is 6.35. The molecule has 0 unspecified atom stereocenters. The van der Waals surface area contributed by atoms with E-state index in [1.165, 1.54) is 18.4 Å². The Morgan fingerprint density at radius 1 is 1.19 bits per heavy atom. The Labute approximate surface area is 127 Å². The van der Waals surface area contributed by atoms with E-state index in [0.717, 1.165) is 35.4 Å². The highest BCUT2D eigenvalue weighted by atomic mass is 15.1. The van der Waals surface area contributed by atoms with Crippen molar-refractivity contribution in [2.45, 2.75) is 58.4 Å². The van der Waals surface area contributed by atoms with Crippen molar-refractivity contribution in [3.8, 4) is 11.3 Å². The number of aromatic nitrogens is 2. The fourth-order valence-corrected chi connectivity index (χ4v) is 2.90. The molecule has 3 nitrogen and oxygen atoms in total. The van der Waals surface area contributed by atoms with E-state index in [2.05, 4.69) is 56.5 Å². The van der Waals surface area contributed by atoms with Crippen LogP contribution in [0.4, 0.5) is 5.82 Å². The smallest absolute Gasteiger partial charge is 0.131 e. The molecule has 0 aliphatic heterocycles. The second kappa shape index (κ2) is 4.90. The summed E-state index contributed by atoms with van der Waals surface area (Å²) < 4.78 is 2.13. The van der Waals surface area contributed by atoms with Gasteiger partial charge in [-0.1, -0.05) is 45.0 Å². The van der Waals surface area contributed by atoms with Crippen molar-refractivity contribution in [2.75, 3.05) is 5.73 Å². The number of anilines is 1. The van der Waals surface area contributed by atoms with Gasteiger partial charge in [0.05, 0.1) is 0 Å². The summed E-state index contributed by atoms with van der Waals surface area (Å²) in [7, 11) is 0. The first-order chi connectivity index (χ1) is 9.91. The van der Waals surface area contributed by atoms with Crippen LogP contribution in [0.5, 0.6) is 0 Å². The lowest BCUT2D eigenvalue weighted by Crippen LogP contribution is -2.19. The molecule has 0 spiro atoms. The van der Waals surface area contributed by atoms with Crippen LogP contribution >= 0.6 is 0 Å². The molecule has 21 heavy (non-hydrogen) atoms. The summed E-state index contributed by atoms with van der Waals surface area (Å²) >= 11 is 0. The van der Waals surface area contributed by atoms with Crippen molar-refractivity contribution < 1.29 is 0 Å². The van der Waals surface area contributed by atoms with Gasteiger partial charge in [0.1, 0.15) is 17.3 Å². The van der Waals surface area contributed by atoms with Crippen LogP contribution in [-0.2, 0) is 12.0 Å². The Balaban J connectivity index is 2.03. The number of nitrogen functional groups attached to an aromatic ring is 1. The van der Waals surface area contributed by atoms with Crippen molar-refractivity contribution in [3.05, 3.63) is 35.7 Å². The topological polar surface area (TPSA) is 43.8 Å². The molecule has 1 aliphatic rings. The van der Waals surface area contributed by atoms with Crippen molar-refractivity contribution in [3.63, 3.8) is 0 Å². The average Bonchev–Trinajstić information content (AvgIpc) is 3.22. The lowest BCUT2D eigenvalue weighted by atomic mass is 9.95. The highest BCUT2D eigenvalue weighted by molar-refractivity contribution is 5.71. The van der Waals surface area contributed by atoms with Crippen molar-refractivity contribution in [1.82, 2.24) is 9.55 Å². The van der Waals surface area contributed by atoms with Gasteiger partial charge in [0, 0.05) is 17.5 Å². The number of imidazole rings is 1. The molecule has 2 aromatic rings. The molecule has 1 aromatic heterocycles. The molecule has 0 atom stereocenters. The zero-order valence-corrected chi connectivity index (χ0v) is 13.5. The molecule has 0 saturated heterocycles. The number of rotatable bonds is 3. The van der Waals surface area contributed by atoms with Gasteiger partial charge >= 0.3 is 0 Å². The third-order valence-electron chi connectivity index (χ3n) is 4.23. The van der Waals surface area contributed by atoms with Gasteiger partial charge in [-0.05, 0) is 31.2 Å². The minimum atomic E-state index is -0.00364. The number of nitrogens with zero attached hydrogens (tertiary/aromatic N) is 2. The first-order valence-electron chi connectivity index (χ1n) is 7.88. The van der Waals surface area contributed by atoms with Gasteiger partial charge in [0.15, 0.2) is 0 Å². The van der Waals surface area contributed by atoms with Crippen molar-refractivity contribution in [1.29, 1.82) is 0 Å². The summed E-state index contributed by atoms with van der Waals surface area (Å²) in [4.78, 5) is 4.85. The van der Waals surface area contributed by atoms with Gasteiger partial charge < -0.3 is 10.3 Å². The van der Waals surface area contributed by atoms with E-state index in [1.807, 2.05) is 0 Å². The summed E-state index contributed by atoms with van der Waals surface area (Å²) in [6.07, 6.45) is 2.67. The highest BCUT2D eigenvalue weighted by Gasteiger charge is 2.26. The standard InChI is InChI=1S/C18H25N3/c1-5-21-16(19)15(20-17(21)18(2,3)4)14-10-8-13(9-11-14)12-6-7-12/h8-12H,5-7,19H2,1-4H3. The Hall–Kier alpha value is -1.77. The molecule has 0 amide bonds. The number of benzene rings is 1. The van der Waals surface area contributed by atoms with Crippen molar-refractivity contribution >= 4 is 5.82 Å². The molecule has 2 N–H and O–H groups in total. The minimum absolute atomic E-state index is 0.00364. The van der Waals surface area contributed by atoms with Gasteiger partial charge in [-0.15, -0.1) is 0 Å². The maximum atomic E-state index is 6.35. The van der Waals surface area contributed by atoms with Crippen LogP contribution in [0, 0.1) is 0 Å². The van der Waals surface area contributed by atoms with Crippen LogP contribution in [0.25, 0.3) is 11.3 Å². The Morgan fingerprint density at radius 3 is 2.24 bits per heavy atom. The largest absolute Gasteiger partial charge is 0.383 e. The van der Waals surface area contributed by atoms with E-state index in [4.69, 9.17) is 10.7 Å². The second-order valence-electron chi connectivity index (χ2n) is 7.06. The summed E-state index contributed by atoms with van der Waals surface area (Å²) in [6.45, 7) is 9.52. The van der Waals surface area contributed by atoms with Crippen LogP contribution in [0.3, 0.4) is 0 Å². The number of hydrogen-bond acceptors (Lipinski definition) is 2. The van der Waals surface area contributed by atoms with Crippen LogP contribution in [-0.4, -0.2) is 9.55 Å². The third kappa shape index (κ3) is 2.57. The van der Waals surface area contributed by atoms with Crippen LogP contribution in [0.2, 0.25) is 0 Å². The second-order valence-corrected chi connectivity index (χ2v) is 7.06. The molecule has 112 valence electrons. The van der Waals surface area contributed by atoms with E-state index < -0.39 is 0 Å². The van der Waals surface area contributed by atoms with Crippen LogP contribution in [0.15, 0.2) is 24.3 Å². The molecule has 1 fully saturated rings. The first-order valence-corrected chi connectivity index (χ1v) is 7.88. The molecule has 1 aliphatic carbocycles. The average molecular weight is 283 g/mol.